The number of nitrogens with zero attached hydrogens (tertiary/aromatic N) is 2. The summed E-state index contributed by atoms with van der Waals surface area (Å²) in [6, 6.07) is 15.9. The molecule has 2 aromatic carbocycles. The van der Waals surface area contributed by atoms with E-state index in [1.54, 1.807) is 12.1 Å². The molecular weight excluding hydrogens is 369 g/mol. The number of H-pyrrole nitrogens is 2. The number of nitrogens with one attached hydrogen (secondary N) is 3. The molecule has 0 bridgehead atoms. The van der Waals surface area contributed by atoms with Crippen LogP contribution in [-0.4, -0.2) is 40.2 Å². The minimum Gasteiger partial charge on any atom is -0.361 e. The average molecular weight is 389 g/mol. The summed E-state index contributed by atoms with van der Waals surface area (Å²) in [6.45, 7) is 1.51. The normalized spacial score (nSPS) is 16.4. The molecule has 4 aromatic rings. The molecule has 0 spiro atoms. The first-order valence-corrected chi connectivity index (χ1v) is 9.60. The van der Waals surface area contributed by atoms with Gasteiger partial charge in [-0.25, -0.2) is 4.39 Å². The molecular formula is C22H20FN5O. The van der Waals surface area contributed by atoms with Crippen LogP contribution in [0.4, 0.5) is 10.2 Å². The fourth-order valence-electron chi connectivity index (χ4n) is 3.88. The van der Waals surface area contributed by atoms with Crippen LogP contribution in [0, 0.1) is 5.82 Å². The summed E-state index contributed by atoms with van der Waals surface area (Å²) in [6.07, 6.45) is 2.70. The van der Waals surface area contributed by atoms with Crippen LogP contribution in [0.15, 0.2) is 60.8 Å². The molecule has 6 nitrogen and oxygen atoms in total. The molecule has 1 amide bonds. The topological polar surface area (TPSA) is 76.8 Å². The van der Waals surface area contributed by atoms with Crippen molar-refractivity contribution in [2.24, 2.45) is 0 Å². The number of carbonyl (C=O) groups excluding carboxylic acids is 1. The first-order chi connectivity index (χ1) is 14.2. The van der Waals surface area contributed by atoms with Gasteiger partial charge in [-0.05, 0) is 54.4 Å². The highest BCUT2D eigenvalue weighted by Crippen LogP contribution is 2.25. The number of amides is 1. The second kappa shape index (κ2) is 7.09. The lowest BCUT2D eigenvalue weighted by atomic mass is 10.1. The fraction of sp³-hybridized carbons (Fsp3) is 0.182. The number of aromatic nitrogens is 3. The van der Waals surface area contributed by atoms with Gasteiger partial charge in [-0.1, -0.05) is 6.07 Å². The lowest BCUT2D eigenvalue weighted by Gasteiger charge is -2.16. The summed E-state index contributed by atoms with van der Waals surface area (Å²) in [5, 5.41) is 11.5. The van der Waals surface area contributed by atoms with Crippen molar-refractivity contribution in [3.05, 3.63) is 72.2 Å². The van der Waals surface area contributed by atoms with Crippen LogP contribution in [0.2, 0.25) is 0 Å². The van der Waals surface area contributed by atoms with Gasteiger partial charge < -0.3 is 15.2 Å². The van der Waals surface area contributed by atoms with Gasteiger partial charge in [0, 0.05) is 47.9 Å². The largest absolute Gasteiger partial charge is 0.361 e. The second-order valence-electron chi connectivity index (χ2n) is 7.30. The van der Waals surface area contributed by atoms with E-state index in [9.17, 15) is 9.18 Å². The van der Waals surface area contributed by atoms with Crippen molar-refractivity contribution in [2.45, 2.75) is 12.5 Å². The van der Waals surface area contributed by atoms with E-state index in [1.165, 1.54) is 12.1 Å². The highest BCUT2D eigenvalue weighted by atomic mass is 19.1. The number of hydrogen-bond donors (Lipinski definition) is 3. The Morgan fingerprint density at radius 1 is 1.17 bits per heavy atom. The molecule has 5 rings (SSSR count). The molecule has 1 fully saturated rings. The van der Waals surface area contributed by atoms with Crippen molar-refractivity contribution in [1.82, 2.24) is 20.5 Å². The maximum Gasteiger partial charge on any atom is 0.252 e. The van der Waals surface area contributed by atoms with Gasteiger partial charge in [0.05, 0.1) is 5.69 Å². The van der Waals surface area contributed by atoms with E-state index < -0.39 is 0 Å². The molecule has 7 heteroatoms. The fourth-order valence-corrected chi connectivity index (χ4v) is 3.88. The molecule has 2 aromatic heterocycles. The molecule has 29 heavy (non-hydrogen) atoms. The van der Waals surface area contributed by atoms with Crippen LogP contribution >= 0.6 is 0 Å². The summed E-state index contributed by atoms with van der Waals surface area (Å²) in [5.74, 6) is 0.506. The Labute approximate surface area is 166 Å². The molecule has 1 saturated heterocycles. The van der Waals surface area contributed by atoms with Crippen LogP contribution < -0.4 is 10.2 Å². The minimum atomic E-state index is -0.262. The number of benzene rings is 2. The lowest BCUT2D eigenvalue weighted by molar-refractivity contribution is 0.0942. The average Bonchev–Trinajstić information content (AvgIpc) is 3.48. The Hall–Kier alpha value is -3.61. The van der Waals surface area contributed by atoms with E-state index in [0.717, 1.165) is 40.9 Å². The molecule has 0 saturated carbocycles. The molecule has 0 unspecified atom stereocenters. The molecule has 3 N–H and O–H groups in total. The number of halogens is 1. The van der Waals surface area contributed by atoms with Crippen molar-refractivity contribution < 1.29 is 9.18 Å². The number of fused-ring (bicyclic) bond motifs is 1. The third-order valence-corrected chi connectivity index (χ3v) is 5.41. The van der Waals surface area contributed by atoms with E-state index in [-0.39, 0.29) is 17.8 Å². The summed E-state index contributed by atoms with van der Waals surface area (Å²) in [7, 11) is 0. The smallest absolute Gasteiger partial charge is 0.252 e. The zero-order valence-corrected chi connectivity index (χ0v) is 15.7. The van der Waals surface area contributed by atoms with Crippen molar-refractivity contribution in [3.63, 3.8) is 0 Å². The Morgan fingerprint density at radius 2 is 2.03 bits per heavy atom. The van der Waals surface area contributed by atoms with Gasteiger partial charge in [0.2, 0.25) is 0 Å². The van der Waals surface area contributed by atoms with Crippen molar-refractivity contribution in [2.75, 3.05) is 18.0 Å². The third kappa shape index (κ3) is 3.35. The van der Waals surface area contributed by atoms with Crippen LogP contribution in [0.1, 0.15) is 16.8 Å². The van der Waals surface area contributed by atoms with E-state index >= 15 is 0 Å². The van der Waals surface area contributed by atoms with E-state index in [2.05, 4.69) is 25.4 Å². The Morgan fingerprint density at radius 3 is 2.90 bits per heavy atom. The molecule has 0 radical (unpaired) electrons. The van der Waals surface area contributed by atoms with Crippen molar-refractivity contribution >= 4 is 22.6 Å². The molecule has 1 aliphatic heterocycles. The first-order valence-electron chi connectivity index (χ1n) is 9.60. The SMILES string of the molecule is O=C(N[C@H]1CCN(c2cc(-c3ccc(F)cc3)[nH]n2)C1)c1cccc2[nH]ccc12. The number of carbonyl (C=O) groups is 1. The van der Waals surface area contributed by atoms with Gasteiger partial charge >= 0.3 is 0 Å². The Kier molecular flexibility index (Phi) is 4.27. The predicted octanol–water partition coefficient (Wildman–Crippen LogP) is 3.71. The van der Waals surface area contributed by atoms with Crippen molar-refractivity contribution in [3.8, 4) is 11.3 Å². The zero-order valence-electron chi connectivity index (χ0n) is 15.7. The van der Waals surface area contributed by atoms with Crippen LogP contribution in [0.3, 0.4) is 0 Å². The van der Waals surface area contributed by atoms with E-state index in [0.29, 0.717) is 12.1 Å². The van der Waals surface area contributed by atoms with Gasteiger partial charge in [-0.2, -0.15) is 5.10 Å². The molecule has 3 heterocycles. The van der Waals surface area contributed by atoms with Gasteiger partial charge in [-0.15, -0.1) is 0 Å². The predicted molar refractivity (Wildman–Crippen MR) is 110 cm³/mol. The summed E-state index contributed by atoms with van der Waals surface area (Å²) >= 11 is 0. The highest BCUT2D eigenvalue weighted by Gasteiger charge is 2.26. The maximum atomic E-state index is 13.1. The monoisotopic (exact) mass is 389 g/mol. The summed E-state index contributed by atoms with van der Waals surface area (Å²) in [5.41, 5.74) is 3.36. The zero-order chi connectivity index (χ0) is 19.8. The van der Waals surface area contributed by atoms with Gasteiger partial charge in [-0.3, -0.25) is 9.89 Å². The maximum absolute atomic E-state index is 13.1. The number of anilines is 1. The number of aromatic amines is 2. The van der Waals surface area contributed by atoms with Crippen LogP contribution in [-0.2, 0) is 0 Å². The second-order valence-corrected chi connectivity index (χ2v) is 7.30. The molecule has 1 aliphatic rings. The highest BCUT2D eigenvalue weighted by molar-refractivity contribution is 6.06. The summed E-state index contributed by atoms with van der Waals surface area (Å²) < 4.78 is 13.1. The van der Waals surface area contributed by atoms with Crippen LogP contribution in [0.25, 0.3) is 22.2 Å². The van der Waals surface area contributed by atoms with Crippen LogP contribution in [0.5, 0.6) is 0 Å². The molecule has 1 atom stereocenters. The first kappa shape index (κ1) is 17.5. The Bertz CT molecular complexity index is 1160. The quantitative estimate of drug-likeness (QED) is 0.498. The van der Waals surface area contributed by atoms with Gasteiger partial charge in [0.15, 0.2) is 5.82 Å². The standard InChI is InChI=1S/C22H20FN5O/c23-15-6-4-14(5-7-15)20-12-21(27-26-20)28-11-9-16(13-28)25-22(29)18-2-1-3-19-17(18)8-10-24-19/h1-8,10,12,16,24H,9,11,13H2,(H,25,29)(H,26,27)/t16-/m0/s1. The summed E-state index contributed by atoms with van der Waals surface area (Å²) in [4.78, 5) is 18.1. The van der Waals surface area contributed by atoms with Gasteiger partial charge in [0.1, 0.15) is 5.82 Å². The minimum absolute atomic E-state index is 0.0580. The number of hydrogen-bond acceptors (Lipinski definition) is 3. The van der Waals surface area contributed by atoms with E-state index in [1.807, 2.05) is 36.5 Å². The molecule has 0 aliphatic carbocycles. The van der Waals surface area contributed by atoms with Gasteiger partial charge in [0.25, 0.3) is 5.91 Å². The van der Waals surface area contributed by atoms with E-state index in [4.69, 9.17) is 0 Å². The third-order valence-electron chi connectivity index (χ3n) is 5.41. The Balaban J connectivity index is 1.26. The lowest BCUT2D eigenvalue weighted by Crippen LogP contribution is -2.37. The number of rotatable bonds is 4. The van der Waals surface area contributed by atoms with Crippen molar-refractivity contribution in [1.29, 1.82) is 0 Å². The molecule has 146 valence electrons.